The second-order valence-electron chi connectivity index (χ2n) is 5.55. The van der Waals surface area contributed by atoms with E-state index in [0.717, 1.165) is 18.5 Å². The zero-order valence-corrected chi connectivity index (χ0v) is 14.4. The van der Waals surface area contributed by atoms with E-state index in [0.29, 0.717) is 22.8 Å². The molecule has 1 fully saturated rings. The Morgan fingerprint density at radius 3 is 2.76 bits per heavy atom. The SMILES string of the molecule is N=C(NC=O)Nc1cnn(-c2cc(S(N)(=O)=O)ccc2Cl)c1C1CC1. The van der Waals surface area contributed by atoms with Crippen molar-refractivity contribution in [2.75, 3.05) is 5.32 Å². The fraction of sp³-hybridized carbons (Fsp3) is 0.214. The molecule has 1 aromatic carbocycles. The van der Waals surface area contributed by atoms with Gasteiger partial charge in [-0.05, 0) is 31.0 Å². The van der Waals surface area contributed by atoms with E-state index in [1.54, 1.807) is 0 Å². The third-order valence-electron chi connectivity index (χ3n) is 3.71. The van der Waals surface area contributed by atoms with Crippen LogP contribution in [0.2, 0.25) is 5.02 Å². The molecule has 1 amide bonds. The van der Waals surface area contributed by atoms with Gasteiger partial charge in [-0.2, -0.15) is 5.10 Å². The number of benzene rings is 1. The van der Waals surface area contributed by atoms with Crippen molar-refractivity contribution in [3.8, 4) is 5.69 Å². The zero-order chi connectivity index (χ0) is 18.2. The molecule has 0 spiro atoms. The van der Waals surface area contributed by atoms with Gasteiger partial charge in [0.2, 0.25) is 16.4 Å². The summed E-state index contributed by atoms with van der Waals surface area (Å²) in [6, 6.07) is 4.12. The van der Waals surface area contributed by atoms with E-state index < -0.39 is 10.0 Å². The predicted octanol–water partition coefficient (Wildman–Crippen LogP) is 1.14. The highest BCUT2D eigenvalue weighted by molar-refractivity contribution is 7.89. The van der Waals surface area contributed by atoms with E-state index in [-0.39, 0.29) is 16.8 Å². The number of primary sulfonamides is 1. The van der Waals surface area contributed by atoms with Crippen LogP contribution < -0.4 is 15.8 Å². The van der Waals surface area contributed by atoms with E-state index in [1.165, 1.54) is 29.1 Å². The summed E-state index contributed by atoms with van der Waals surface area (Å²) in [6.07, 6.45) is 3.75. The molecule has 0 unspecified atom stereocenters. The number of aromatic nitrogens is 2. The molecule has 1 aliphatic rings. The highest BCUT2D eigenvalue weighted by Crippen LogP contribution is 2.44. The Kier molecular flexibility index (Phi) is 4.50. The van der Waals surface area contributed by atoms with Crippen molar-refractivity contribution in [3.05, 3.63) is 35.1 Å². The van der Waals surface area contributed by atoms with Crippen molar-refractivity contribution >= 4 is 39.7 Å². The monoisotopic (exact) mass is 382 g/mol. The number of nitrogens with one attached hydrogen (secondary N) is 3. The van der Waals surface area contributed by atoms with Crippen LogP contribution >= 0.6 is 11.6 Å². The Morgan fingerprint density at radius 2 is 2.16 bits per heavy atom. The number of nitrogens with two attached hydrogens (primary N) is 1. The molecule has 1 aliphatic carbocycles. The lowest BCUT2D eigenvalue weighted by Gasteiger charge is -2.12. The van der Waals surface area contributed by atoms with E-state index in [4.69, 9.17) is 22.1 Å². The lowest BCUT2D eigenvalue weighted by atomic mass is 10.2. The van der Waals surface area contributed by atoms with Gasteiger partial charge >= 0.3 is 0 Å². The fourth-order valence-corrected chi connectivity index (χ4v) is 3.19. The van der Waals surface area contributed by atoms with Gasteiger partial charge in [-0.3, -0.25) is 15.5 Å². The van der Waals surface area contributed by atoms with Gasteiger partial charge in [0.05, 0.1) is 33.2 Å². The number of nitrogens with zero attached hydrogens (tertiary/aromatic N) is 2. The molecule has 1 heterocycles. The summed E-state index contributed by atoms with van der Waals surface area (Å²) in [5.74, 6) is 0.00377. The summed E-state index contributed by atoms with van der Waals surface area (Å²) >= 11 is 6.22. The first kappa shape index (κ1) is 17.4. The minimum absolute atomic E-state index is 0.0750. The van der Waals surface area contributed by atoms with Gasteiger partial charge in [0.1, 0.15) is 0 Å². The Balaban J connectivity index is 2.08. The maximum atomic E-state index is 11.6. The van der Waals surface area contributed by atoms with Gasteiger partial charge in [0.15, 0.2) is 5.96 Å². The van der Waals surface area contributed by atoms with Gasteiger partial charge in [-0.25, -0.2) is 18.2 Å². The summed E-state index contributed by atoms with van der Waals surface area (Å²) in [5.41, 5.74) is 1.67. The van der Waals surface area contributed by atoms with Crippen LogP contribution in [-0.2, 0) is 14.8 Å². The quantitative estimate of drug-likeness (QED) is 0.348. The normalized spacial score (nSPS) is 14.2. The second kappa shape index (κ2) is 6.47. The number of halogens is 1. The molecule has 1 saturated carbocycles. The lowest BCUT2D eigenvalue weighted by molar-refractivity contribution is -0.108. The van der Waals surface area contributed by atoms with Crippen LogP contribution in [0, 0.1) is 5.41 Å². The Labute approximate surface area is 148 Å². The zero-order valence-electron chi connectivity index (χ0n) is 12.9. The average Bonchev–Trinajstić information content (AvgIpc) is 3.28. The van der Waals surface area contributed by atoms with Gasteiger partial charge < -0.3 is 5.32 Å². The van der Waals surface area contributed by atoms with Crippen LogP contribution in [0.5, 0.6) is 0 Å². The smallest absolute Gasteiger partial charge is 0.238 e. The van der Waals surface area contributed by atoms with Crippen LogP contribution in [-0.4, -0.2) is 30.6 Å². The average molecular weight is 383 g/mol. The summed E-state index contributed by atoms with van der Waals surface area (Å²) in [5, 5.41) is 22.4. The molecule has 0 radical (unpaired) electrons. The number of carbonyl (C=O) groups excluding carboxylic acids is 1. The largest absolute Gasteiger partial charge is 0.323 e. The number of carbonyl (C=O) groups is 1. The van der Waals surface area contributed by atoms with Crippen LogP contribution in [0.3, 0.4) is 0 Å². The highest BCUT2D eigenvalue weighted by atomic mass is 35.5. The van der Waals surface area contributed by atoms with E-state index in [2.05, 4.69) is 15.7 Å². The molecule has 0 bridgehead atoms. The van der Waals surface area contributed by atoms with Crippen LogP contribution in [0.25, 0.3) is 5.69 Å². The lowest BCUT2D eigenvalue weighted by Crippen LogP contribution is -2.28. The Bertz CT molecular complexity index is 951. The Hall–Kier alpha value is -2.43. The van der Waals surface area contributed by atoms with Gasteiger partial charge in [0, 0.05) is 5.92 Å². The molecule has 3 rings (SSSR count). The van der Waals surface area contributed by atoms with E-state index in [9.17, 15) is 13.2 Å². The maximum absolute atomic E-state index is 11.6. The molecular formula is C14H15ClN6O3S. The third kappa shape index (κ3) is 3.65. The topological polar surface area (TPSA) is 143 Å². The van der Waals surface area contributed by atoms with Crippen LogP contribution in [0.4, 0.5) is 5.69 Å². The molecule has 5 N–H and O–H groups in total. The summed E-state index contributed by atoms with van der Waals surface area (Å²) in [7, 11) is -3.89. The number of anilines is 1. The van der Waals surface area contributed by atoms with Crippen molar-refractivity contribution < 1.29 is 13.2 Å². The highest BCUT2D eigenvalue weighted by Gasteiger charge is 2.32. The Morgan fingerprint density at radius 1 is 1.44 bits per heavy atom. The molecule has 25 heavy (non-hydrogen) atoms. The molecule has 9 nitrogen and oxygen atoms in total. The van der Waals surface area contributed by atoms with Crippen molar-refractivity contribution in [1.29, 1.82) is 5.41 Å². The molecule has 2 aromatic rings. The van der Waals surface area contributed by atoms with Crippen LogP contribution in [0.15, 0.2) is 29.3 Å². The van der Waals surface area contributed by atoms with Crippen molar-refractivity contribution in [3.63, 3.8) is 0 Å². The first-order chi connectivity index (χ1) is 11.8. The minimum atomic E-state index is -3.89. The minimum Gasteiger partial charge on any atom is -0.323 e. The molecular weight excluding hydrogens is 368 g/mol. The number of guanidine groups is 1. The fourth-order valence-electron chi connectivity index (χ4n) is 2.46. The van der Waals surface area contributed by atoms with Gasteiger partial charge in [0.25, 0.3) is 0 Å². The number of rotatable bonds is 5. The van der Waals surface area contributed by atoms with E-state index >= 15 is 0 Å². The number of hydrogen-bond donors (Lipinski definition) is 4. The number of hydrogen-bond acceptors (Lipinski definition) is 5. The molecule has 0 saturated heterocycles. The number of sulfonamides is 1. The first-order valence-corrected chi connectivity index (χ1v) is 9.20. The van der Waals surface area contributed by atoms with E-state index in [1.807, 2.05) is 0 Å². The number of amides is 1. The molecule has 11 heteroatoms. The van der Waals surface area contributed by atoms with Crippen molar-refractivity contribution in [2.24, 2.45) is 5.14 Å². The molecule has 132 valence electrons. The molecule has 1 aromatic heterocycles. The predicted molar refractivity (Wildman–Crippen MR) is 92.5 cm³/mol. The maximum Gasteiger partial charge on any atom is 0.238 e. The van der Waals surface area contributed by atoms with Crippen molar-refractivity contribution in [1.82, 2.24) is 15.1 Å². The standard InChI is InChI=1S/C14H15ClN6O3S/c15-10-4-3-9(25(17,23)24)5-12(10)21-13(8-1-2-8)11(6-19-21)20-14(16)18-7-22/h3-8H,1-2H2,(H2,17,23,24)(H3,16,18,20,22). The second-order valence-corrected chi connectivity index (χ2v) is 7.52. The summed E-state index contributed by atoms with van der Waals surface area (Å²) < 4.78 is 24.7. The first-order valence-electron chi connectivity index (χ1n) is 7.27. The van der Waals surface area contributed by atoms with Gasteiger partial charge in [-0.15, -0.1) is 0 Å². The van der Waals surface area contributed by atoms with Crippen LogP contribution in [0.1, 0.15) is 24.5 Å². The third-order valence-corrected chi connectivity index (χ3v) is 4.94. The molecule has 0 aliphatic heterocycles. The van der Waals surface area contributed by atoms with Gasteiger partial charge in [-0.1, -0.05) is 11.6 Å². The summed E-state index contributed by atoms with van der Waals surface area (Å²) in [4.78, 5) is 10.4. The molecule has 0 atom stereocenters. The van der Waals surface area contributed by atoms with Crippen molar-refractivity contribution in [2.45, 2.75) is 23.7 Å². The summed E-state index contributed by atoms with van der Waals surface area (Å²) in [6.45, 7) is 0.